The van der Waals surface area contributed by atoms with Gasteiger partial charge in [-0.3, -0.25) is 24.0 Å². The van der Waals surface area contributed by atoms with Crippen LogP contribution in [0.5, 0.6) is 0 Å². The maximum Gasteiger partial charge on any atom is 0.289 e. The minimum absolute atomic E-state index is 0.0241. The third-order valence-electron chi connectivity index (χ3n) is 4.44. The molecule has 1 aliphatic rings. The number of nitrogens with one attached hydrogen (secondary N) is 4. The van der Waals surface area contributed by atoms with Gasteiger partial charge in [0.25, 0.3) is 5.91 Å². The summed E-state index contributed by atoms with van der Waals surface area (Å²) in [4.78, 5) is 59.2. The van der Waals surface area contributed by atoms with Crippen molar-refractivity contribution in [3.05, 3.63) is 35.9 Å². The summed E-state index contributed by atoms with van der Waals surface area (Å²) in [6.45, 7) is 0.416. The lowest BCUT2D eigenvalue weighted by atomic mass is 9.90. The molecule has 1 fully saturated rings. The lowest BCUT2D eigenvalue weighted by molar-refractivity contribution is -0.141. The van der Waals surface area contributed by atoms with Crippen LogP contribution in [0.3, 0.4) is 0 Å². The first kappa shape index (κ1) is 21.1. The van der Waals surface area contributed by atoms with E-state index in [1.54, 1.807) is 0 Å². The van der Waals surface area contributed by atoms with Crippen molar-refractivity contribution in [1.29, 1.82) is 0 Å². The molecule has 9 heteroatoms. The van der Waals surface area contributed by atoms with E-state index in [1.807, 2.05) is 30.3 Å². The van der Waals surface area contributed by atoms with Crippen molar-refractivity contribution in [2.45, 2.75) is 31.8 Å². The highest BCUT2D eigenvalue weighted by atomic mass is 16.2. The number of hydrogen-bond acceptors (Lipinski definition) is 5. The highest BCUT2D eigenvalue weighted by molar-refractivity contribution is 6.38. The molecule has 4 N–H and O–H groups in total. The lowest BCUT2D eigenvalue weighted by Crippen LogP contribution is -2.51. The summed E-state index contributed by atoms with van der Waals surface area (Å²) in [5.74, 6) is -2.95. The molecule has 1 saturated heterocycles. The van der Waals surface area contributed by atoms with Gasteiger partial charge in [-0.05, 0) is 24.8 Å². The Morgan fingerprint density at radius 3 is 2.64 bits per heavy atom. The summed E-state index contributed by atoms with van der Waals surface area (Å²) in [5, 5.41) is 9.89. The van der Waals surface area contributed by atoms with Crippen LogP contribution in [-0.2, 0) is 30.5 Å². The van der Waals surface area contributed by atoms with Crippen molar-refractivity contribution in [2.75, 3.05) is 13.1 Å². The molecular formula is C19H24N4O5. The molecule has 0 spiro atoms. The normalized spacial score (nSPS) is 17.0. The molecule has 1 aromatic carbocycles. The van der Waals surface area contributed by atoms with Gasteiger partial charge < -0.3 is 21.3 Å². The lowest BCUT2D eigenvalue weighted by Gasteiger charge is -2.26. The van der Waals surface area contributed by atoms with Gasteiger partial charge in [-0.1, -0.05) is 30.3 Å². The summed E-state index contributed by atoms with van der Waals surface area (Å²) >= 11 is 0. The van der Waals surface area contributed by atoms with Crippen LogP contribution in [0.4, 0.5) is 0 Å². The number of benzene rings is 1. The quantitative estimate of drug-likeness (QED) is 0.302. The van der Waals surface area contributed by atoms with Gasteiger partial charge in [-0.2, -0.15) is 0 Å². The first-order valence-electron chi connectivity index (χ1n) is 9.11. The predicted molar refractivity (Wildman–Crippen MR) is 99.6 cm³/mol. The van der Waals surface area contributed by atoms with Crippen LogP contribution < -0.4 is 21.3 Å². The smallest absolute Gasteiger partial charge is 0.289 e. The van der Waals surface area contributed by atoms with Gasteiger partial charge in [0.15, 0.2) is 0 Å². The second-order valence-corrected chi connectivity index (χ2v) is 6.52. The maximum atomic E-state index is 12.6. The molecule has 0 bridgehead atoms. The third-order valence-corrected chi connectivity index (χ3v) is 4.44. The summed E-state index contributed by atoms with van der Waals surface area (Å²) in [6, 6.07) is 7.93. The fourth-order valence-corrected chi connectivity index (χ4v) is 2.98. The van der Waals surface area contributed by atoms with Gasteiger partial charge in [0.05, 0.1) is 12.6 Å². The Kier molecular flexibility index (Phi) is 8.13. The summed E-state index contributed by atoms with van der Waals surface area (Å²) in [5.41, 5.74) is 0.825. The minimum Gasteiger partial charge on any atom is -0.356 e. The van der Waals surface area contributed by atoms with Crippen molar-refractivity contribution in [1.82, 2.24) is 21.3 Å². The Bertz CT molecular complexity index is 722. The van der Waals surface area contributed by atoms with E-state index in [0.717, 1.165) is 12.0 Å². The molecule has 0 aliphatic carbocycles. The molecule has 2 atom stereocenters. The molecule has 0 aromatic heterocycles. The average Bonchev–Trinajstić information content (AvgIpc) is 2.71. The number of carbonyl (C=O) groups excluding carboxylic acids is 5. The van der Waals surface area contributed by atoms with E-state index in [-0.39, 0.29) is 25.4 Å². The van der Waals surface area contributed by atoms with Gasteiger partial charge in [-0.25, -0.2) is 0 Å². The van der Waals surface area contributed by atoms with Crippen molar-refractivity contribution in [2.24, 2.45) is 5.92 Å². The monoisotopic (exact) mass is 388 g/mol. The molecule has 1 unspecified atom stereocenters. The third kappa shape index (κ3) is 6.49. The Balaban J connectivity index is 2.01. The van der Waals surface area contributed by atoms with E-state index in [0.29, 0.717) is 19.4 Å². The number of rotatable bonds is 10. The predicted octanol–water partition coefficient (Wildman–Crippen LogP) is -0.981. The van der Waals surface area contributed by atoms with Gasteiger partial charge >= 0.3 is 0 Å². The number of hydrogen-bond donors (Lipinski definition) is 4. The molecule has 0 saturated carbocycles. The van der Waals surface area contributed by atoms with Gasteiger partial charge in [0.2, 0.25) is 24.0 Å². The molecule has 2 rings (SSSR count). The maximum absolute atomic E-state index is 12.6. The van der Waals surface area contributed by atoms with E-state index in [2.05, 4.69) is 21.3 Å². The first-order valence-corrected chi connectivity index (χ1v) is 9.11. The molecule has 0 radical (unpaired) electrons. The molecule has 9 nitrogen and oxygen atoms in total. The fourth-order valence-electron chi connectivity index (χ4n) is 2.98. The highest BCUT2D eigenvalue weighted by Crippen LogP contribution is 2.18. The van der Waals surface area contributed by atoms with Crippen LogP contribution in [0, 0.1) is 5.92 Å². The molecule has 1 heterocycles. The minimum atomic E-state index is -1.15. The average molecular weight is 388 g/mol. The number of ketones is 1. The van der Waals surface area contributed by atoms with Crippen molar-refractivity contribution < 1.29 is 24.0 Å². The van der Waals surface area contributed by atoms with Gasteiger partial charge in [0.1, 0.15) is 0 Å². The zero-order valence-corrected chi connectivity index (χ0v) is 15.4. The summed E-state index contributed by atoms with van der Waals surface area (Å²) in [7, 11) is 0. The Morgan fingerprint density at radius 1 is 1.21 bits per heavy atom. The SMILES string of the molecule is O=CNCC(=O)N[C@@H](CC1CCCNC1=O)C(=O)C(=O)NCc1ccccc1. The topological polar surface area (TPSA) is 133 Å². The van der Waals surface area contributed by atoms with Crippen LogP contribution in [0.1, 0.15) is 24.8 Å². The van der Waals surface area contributed by atoms with Crippen molar-refractivity contribution in [3.63, 3.8) is 0 Å². The number of piperidine rings is 1. The standard InChI is InChI=1S/C19H24N4O5/c24-12-20-11-16(25)23-15(9-14-7-4-8-21-18(14)27)17(26)19(28)22-10-13-5-2-1-3-6-13/h1-3,5-6,12,14-15H,4,7-11H2,(H,20,24)(H,21,27)(H,22,28)(H,23,25)/t14?,15-/m0/s1. The highest BCUT2D eigenvalue weighted by Gasteiger charge is 2.32. The fraction of sp³-hybridized carbons (Fsp3) is 0.421. The second kappa shape index (κ2) is 10.8. The van der Waals surface area contributed by atoms with E-state index in [1.165, 1.54) is 0 Å². The van der Waals surface area contributed by atoms with E-state index in [4.69, 9.17) is 0 Å². The van der Waals surface area contributed by atoms with Crippen molar-refractivity contribution >= 4 is 29.9 Å². The Morgan fingerprint density at radius 2 is 1.96 bits per heavy atom. The molecule has 28 heavy (non-hydrogen) atoms. The molecule has 1 aliphatic heterocycles. The first-order chi connectivity index (χ1) is 13.5. The zero-order chi connectivity index (χ0) is 20.4. The second-order valence-electron chi connectivity index (χ2n) is 6.52. The van der Waals surface area contributed by atoms with Gasteiger partial charge in [-0.15, -0.1) is 0 Å². The largest absolute Gasteiger partial charge is 0.356 e. The molecule has 4 amide bonds. The van der Waals surface area contributed by atoms with Crippen LogP contribution in [-0.4, -0.2) is 49.0 Å². The van der Waals surface area contributed by atoms with E-state index < -0.39 is 29.6 Å². The van der Waals surface area contributed by atoms with E-state index in [9.17, 15) is 24.0 Å². The Labute approximate surface area is 162 Å². The zero-order valence-electron chi connectivity index (χ0n) is 15.4. The van der Waals surface area contributed by atoms with Gasteiger partial charge in [0, 0.05) is 19.0 Å². The number of Topliss-reactive ketones (excluding diaryl/α,β-unsaturated/α-hetero) is 1. The molecule has 1 aromatic rings. The number of amides is 4. The Hall–Kier alpha value is -3.23. The molecular weight excluding hydrogens is 364 g/mol. The molecule has 150 valence electrons. The van der Waals surface area contributed by atoms with Crippen LogP contribution in [0.25, 0.3) is 0 Å². The van der Waals surface area contributed by atoms with Crippen molar-refractivity contribution in [3.8, 4) is 0 Å². The van der Waals surface area contributed by atoms with Crippen LogP contribution in [0.2, 0.25) is 0 Å². The van der Waals surface area contributed by atoms with Crippen LogP contribution >= 0.6 is 0 Å². The number of carbonyl (C=O) groups is 5. The van der Waals surface area contributed by atoms with E-state index >= 15 is 0 Å². The summed E-state index contributed by atoms with van der Waals surface area (Å²) in [6.07, 6.45) is 1.72. The summed E-state index contributed by atoms with van der Waals surface area (Å²) < 4.78 is 0. The van der Waals surface area contributed by atoms with Crippen LogP contribution in [0.15, 0.2) is 30.3 Å².